The van der Waals surface area contributed by atoms with Crippen molar-refractivity contribution in [3.63, 3.8) is 0 Å². The maximum atomic E-state index is 12.2. The van der Waals surface area contributed by atoms with Crippen LogP contribution >= 0.6 is 0 Å². The highest BCUT2D eigenvalue weighted by atomic mass is 16.1. The molecule has 1 saturated heterocycles. The molecule has 0 aliphatic carbocycles. The zero-order chi connectivity index (χ0) is 18.9. The minimum Gasteiger partial charge on any atom is -0.354 e. The van der Waals surface area contributed by atoms with Gasteiger partial charge in [-0.2, -0.15) is 5.10 Å². The molecule has 4 aromatic rings. The molecule has 1 aliphatic heterocycles. The average Bonchev–Trinajstić information content (AvgIpc) is 2.72. The lowest BCUT2D eigenvalue weighted by Crippen LogP contribution is -2.50. The fourth-order valence-electron chi connectivity index (χ4n) is 3.47. The van der Waals surface area contributed by atoms with Gasteiger partial charge >= 0.3 is 0 Å². The minimum atomic E-state index is -0.0817. The summed E-state index contributed by atoms with van der Waals surface area (Å²) in [6.45, 7) is 2.26. The minimum absolute atomic E-state index is 0.0817. The molecule has 0 atom stereocenters. The highest BCUT2D eigenvalue weighted by Gasteiger charge is 2.29. The van der Waals surface area contributed by atoms with E-state index in [1.54, 1.807) is 29.2 Å². The molecule has 138 valence electrons. The molecule has 3 aromatic heterocycles. The first-order valence-corrected chi connectivity index (χ1v) is 9.21. The van der Waals surface area contributed by atoms with Crippen molar-refractivity contribution < 1.29 is 0 Å². The zero-order valence-electron chi connectivity index (χ0n) is 15.1. The van der Waals surface area contributed by atoms with Crippen LogP contribution in [0.1, 0.15) is 0 Å². The standard InChI is InChI=1S/C21H18N6O/c28-21-6-5-17(16-7-9-22-10-8-16)25-27(21)14-15-12-26(13-15)20-11-23-18-3-1-2-4-19(18)24-20/h1-11,15H,12-14H2. The molecule has 0 saturated carbocycles. The van der Waals surface area contributed by atoms with Crippen LogP contribution in [-0.4, -0.2) is 37.8 Å². The number of fused-ring (bicyclic) bond motifs is 1. The number of aromatic nitrogens is 5. The molecule has 1 aromatic carbocycles. The molecule has 5 rings (SSSR count). The number of rotatable bonds is 4. The molecule has 0 N–H and O–H groups in total. The van der Waals surface area contributed by atoms with Crippen LogP contribution in [0, 0.1) is 5.92 Å². The van der Waals surface area contributed by atoms with Crippen LogP contribution in [0.15, 0.2) is 71.9 Å². The fourth-order valence-corrected chi connectivity index (χ4v) is 3.47. The van der Waals surface area contributed by atoms with Gasteiger partial charge in [0, 0.05) is 43.0 Å². The summed E-state index contributed by atoms with van der Waals surface area (Å²) in [7, 11) is 0. The number of pyridine rings is 1. The molecule has 7 nitrogen and oxygen atoms in total. The van der Waals surface area contributed by atoms with E-state index in [-0.39, 0.29) is 5.56 Å². The first kappa shape index (κ1) is 16.6. The number of anilines is 1. The summed E-state index contributed by atoms with van der Waals surface area (Å²) in [6, 6.07) is 15.0. The van der Waals surface area contributed by atoms with Gasteiger partial charge in [-0.05, 0) is 30.3 Å². The van der Waals surface area contributed by atoms with Crippen LogP contribution < -0.4 is 10.5 Å². The lowest BCUT2D eigenvalue weighted by Gasteiger charge is -2.40. The molecule has 7 heteroatoms. The van der Waals surface area contributed by atoms with Crippen molar-refractivity contribution in [2.45, 2.75) is 6.54 Å². The second-order valence-electron chi connectivity index (χ2n) is 6.96. The van der Waals surface area contributed by atoms with Crippen LogP contribution in [-0.2, 0) is 6.54 Å². The molecule has 1 aliphatic rings. The predicted octanol–water partition coefficient (Wildman–Crippen LogP) is 2.38. The van der Waals surface area contributed by atoms with Gasteiger partial charge in [0.15, 0.2) is 0 Å². The SMILES string of the molecule is O=c1ccc(-c2ccncc2)nn1CC1CN(c2cnc3ccccc3n2)C1. The number of nitrogens with zero attached hydrogens (tertiary/aromatic N) is 6. The van der Waals surface area contributed by atoms with Crippen molar-refractivity contribution in [1.29, 1.82) is 0 Å². The van der Waals surface area contributed by atoms with Crippen LogP contribution in [0.3, 0.4) is 0 Å². The van der Waals surface area contributed by atoms with Crippen LogP contribution in [0.4, 0.5) is 5.82 Å². The highest BCUT2D eigenvalue weighted by Crippen LogP contribution is 2.24. The van der Waals surface area contributed by atoms with Gasteiger partial charge in [-0.25, -0.2) is 9.67 Å². The van der Waals surface area contributed by atoms with E-state index in [1.807, 2.05) is 42.6 Å². The lowest BCUT2D eigenvalue weighted by molar-refractivity contribution is 0.333. The first-order valence-electron chi connectivity index (χ1n) is 9.21. The number of hydrogen-bond donors (Lipinski definition) is 0. The fraction of sp³-hybridized carbons (Fsp3) is 0.190. The Bertz CT molecular complexity index is 1180. The Morgan fingerprint density at radius 2 is 1.75 bits per heavy atom. The summed E-state index contributed by atoms with van der Waals surface area (Å²) in [5.74, 6) is 1.23. The first-order chi connectivity index (χ1) is 13.8. The smallest absolute Gasteiger partial charge is 0.266 e. The Hall–Kier alpha value is -3.61. The van der Waals surface area contributed by atoms with E-state index in [1.165, 1.54) is 0 Å². The van der Waals surface area contributed by atoms with Gasteiger partial charge in [0.2, 0.25) is 0 Å². The van der Waals surface area contributed by atoms with Gasteiger partial charge in [0.05, 0.1) is 29.5 Å². The van der Waals surface area contributed by atoms with E-state index < -0.39 is 0 Å². The van der Waals surface area contributed by atoms with Crippen LogP contribution in [0.2, 0.25) is 0 Å². The maximum absolute atomic E-state index is 12.2. The van der Waals surface area contributed by atoms with Crippen LogP contribution in [0.5, 0.6) is 0 Å². The molecule has 1 fully saturated rings. The van der Waals surface area contributed by atoms with Crippen molar-refractivity contribution in [1.82, 2.24) is 24.7 Å². The molecule has 0 amide bonds. The van der Waals surface area contributed by atoms with Gasteiger partial charge in [0.1, 0.15) is 5.82 Å². The van der Waals surface area contributed by atoms with E-state index in [0.717, 1.165) is 41.2 Å². The molecule has 4 heterocycles. The third kappa shape index (κ3) is 3.11. The second kappa shape index (κ2) is 6.84. The summed E-state index contributed by atoms with van der Waals surface area (Å²) in [6.07, 6.45) is 5.26. The molecule has 0 spiro atoms. The average molecular weight is 370 g/mol. The quantitative estimate of drug-likeness (QED) is 0.549. The molecule has 0 unspecified atom stereocenters. The molecule has 0 bridgehead atoms. The monoisotopic (exact) mass is 370 g/mol. The van der Waals surface area contributed by atoms with E-state index >= 15 is 0 Å². The van der Waals surface area contributed by atoms with Crippen molar-refractivity contribution in [2.75, 3.05) is 18.0 Å². The molecular weight excluding hydrogens is 352 g/mol. The summed E-state index contributed by atoms with van der Waals surface area (Å²) < 4.78 is 1.56. The van der Waals surface area contributed by atoms with Crippen molar-refractivity contribution >= 4 is 16.9 Å². The van der Waals surface area contributed by atoms with Gasteiger partial charge in [-0.3, -0.25) is 14.8 Å². The van der Waals surface area contributed by atoms with Gasteiger partial charge in [-0.1, -0.05) is 12.1 Å². The highest BCUT2D eigenvalue weighted by molar-refractivity contribution is 5.75. The molecular formula is C21H18N6O. The Morgan fingerprint density at radius 1 is 0.964 bits per heavy atom. The van der Waals surface area contributed by atoms with Crippen molar-refractivity contribution in [2.24, 2.45) is 5.92 Å². The van der Waals surface area contributed by atoms with E-state index in [9.17, 15) is 4.79 Å². The van der Waals surface area contributed by atoms with E-state index in [4.69, 9.17) is 0 Å². The van der Waals surface area contributed by atoms with Crippen LogP contribution in [0.25, 0.3) is 22.3 Å². The number of hydrogen-bond acceptors (Lipinski definition) is 6. The Morgan fingerprint density at radius 3 is 2.57 bits per heavy atom. The number of benzene rings is 1. The number of para-hydroxylation sites is 2. The third-order valence-electron chi connectivity index (χ3n) is 4.99. The van der Waals surface area contributed by atoms with E-state index in [0.29, 0.717) is 12.5 Å². The topological polar surface area (TPSA) is 76.8 Å². The van der Waals surface area contributed by atoms with Gasteiger partial charge < -0.3 is 4.90 Å². The normalized spacial score (nSPS) is 14.2. The Balaban J connectivity index is 1.30. The summed E-state index contributed by atoms with van der Waals surface area (Å²) in [4.78, 5) is 27.6. The predicted molar refractivity (Wildman–Crippen MR) is 107 cm³/mol. The van der Waals surface area contributed by atoms with Crippen molar-refractivity contribution in [3.8, 4) is 11.3 Å². The Kier molecular flexibility index (Phi) is 4.05. The van der Waals surface area contributed by atoms with Crippen molar-refractivity contribution in [3.05, 3.63) is 77.5 Å². The second-order valence-corrected chi connectivity index (χ2v) is 6.96. The van der Waals surface area contributed by atoms with Gasteiger partial charge in [0.25, 0.3) is 5.56 Å². The van der Waals surface area contributed by atoms with E-state index in [2.05, 4.69) is 25.0 Å². The largest absolute Gasteiger partial charge is 0.354 e. The maximum Gasteiger partial charge on any atom is 0.266 e. The third-order valence-corrected chi connectivity index (χ3v) is 4.99. The Labute approximate surface area is 161 Å². The summed E-state index contributed by atoms with van der Waals surface area (Å²) in [5.41, 5.74) is 3.43. The zero-order valence-corrected chi connectivity index (χ0v) is 15.1. The molecule has 28 heavy (non-hydrogen) atoms. The lowest BCUT2D eigenvalue weighted by atomic mass is 10.0. The summed E-state index contributed by atoms with van der Waals surface area (Å²) >= 11 is 0. The summed E-state index contributed by atoms with van der Waals surface area (Å²) in [5, 5.41) is 4.53. The van der Waals surface area contributed by atoms with Gasteiger partial charge in [-0.15, -0.1) is 0 Å². The molecule has 0 radical (unpaired) electrons.